The lowest BCUT2D eigenvalue weighted by molar-refractivity contribution is 0.0735. The summed E-state index contributed by atoms with van der Waals surface area (Å²) in [5, 5.41) is 11.4. The second-order valence-corrected chi connectivity index (χ2v) is 5.01. The molecule has 0 fully saturated rings. The summed E-state index contributed by atoms with van der Waals surface area (Å²) in [5.74, 6) is -0.800. The lowest BCUT2D eigenvalue weighted by Crippen LogP contribution is -2.13. The Hall–Kier alpha value is -2.85. The highest BCUT2D eigenvalue weighted by Gasteiger charge is 2.14. The van der Waals surface area contributed by atoms with Crippen LogP contribution in [0.25, 0.3) is 0 Å². The standard InChI is InChI=1S/C16H12FN3O2S/c1-23-16(19-10-18)20-14-5-3-2-4-13(14)15(21)22-12-8-6-11(17)7-9-12/h2-9H,1H3,(H,19,20). The fourth-order valence-electron chi connectivity index (χ4n) is 1.69. The van der Waals surface area contributed by atoms with Crippen LogP contribution >= 0.6 is 11.8 Å². The van der Waals surface area contributed by atoms with E-state index in [1.807, 2.05) is 0 Å². The van der Waals surface area contributed by atoms with Crippen molar-refractivity contribution in [2.75, 3.05) is 6.26 Å². The average Bonchev–Trinajstić information content (AvgIpc) is 2.57. The third kappa shape index (κ3) is 4.56. The van der Waals surface area contributed by atoms with Gasteiger partial charge in [0.15, 0.2) is 11.4 Å². The number of rotatable bonds is 3. The zero-order valence-corrected chi connectivity index (χ0v) is 12.9. The van der Waals surface area contributed by atoms with Gasteiger partial charge in [-0.25, -0.2) is 14.2 Å². The van der Waals surface area contributed by atoms with Crippen LogP contribution in [0.5, 0.6) is 5.75 Å². The number of nitriles is 1. The first-order chi connectivity index (χ1) is 11.1. The third-order valence-corrected chi connectivity index (χ3v) is 3.31. The quantitative estimate of drug-likeness (QED) is 0.233. The normalized spacial score (nSPS) is 10.7. The summed E-state index contributed by atoms with van der Waals surface area (Å²) in [6.45, 7) is 0. The topological polar surface area (TPSA) is 74.5 Å². The minimum atomic E-state index is -0.617. The Balaban J connectivity index is 2.27. The predicted octanol–water partition coefficient (Wildman–Crippen LogP) is 3.47. The number of benzene rings is 2. The van der Waals surface area contributed by atoms with Gasteiger partial charge in [0.1, 0.15) is 11.6 Å². The van der Waals surface area contributed by atoms with E-state index < -0.39 is 11.8 Å². The first kappa shape index (κ1) is 16.5. The molecular weight excluding hydrogens is 317 g/mol. The average molecular weight is 329 g/mol. The summed E-state index contributed by atoms with van der Waals surface area (Å²) in [6, 6.07) is 11.7. The molecular formula is C16H12FN3O2S. The lowest BCUT2D eigenvalue weighted by atomic mass is 10.2. The van der Waals surface area contributed by atoms with Crippen LogP contribution in [0, 0.1) is 17.3 Å². The smallest absolute Gasteiger partial charge is 0.345 e. The number of ether oxygens (including phenoxy) is 1. The molecule has 0 spiro atoms. The molecule has 1 N–H and O–H groups in total. The maximum absolute atomic E-state index is 12.9. The van der Waals surface area contributed by atoms with Crippen molar-refractivity contribution < 1.29 is 13.9 Å². The second-order valence-electron chi connectivity index (χ2n) is 4.22. The van der Waals surface area contributed by atoms with Gasteiger partial charge in [-0.05, 0) is 42.7 Å². The van der Waals surface area contributed by atoms with E-state index in [1.54, 1.807) is 36.7 Å². The van der Waals surface area contributed by atoms with Crippen LogP contribution in [0.15, 0.2) is 53.5 Å². The predicted molar refractivity (Wildman–Crippen MR) is 87.2 cm³/mol. The van der Waals surface area contributed by atoms with Crippen LogP contribution in [-0.4, -0.2) is 17.4 Å². The summed E-state index contributed by atoms with van der Waals surface area (Å²) >= 11 is 1.24. The molecule has 0 bridgehead atoms. The van der Waals surface area contributed by atoms with Gasteiger partial charge in [0, 0.05) is 0 Å². The molecule has 0 saturated heterocycles. The number of nitrogens with zero attached hydrogens (tertiary/aromatic N) is 2. The van der Waals surface area contributed by atoms with Crippen molar-refractivity contribution in [3.8, 4) is 11.9 Å². The molecule has 2 aromatic rings. The summed E-state index contributed by atoms with van der Waals surface area (Å²) in [5.41, 5.74) is 0.606. The Labute approximate surface area is 136 Å². The summed E-state index contributed by atoms with van der Waals surface area (Å²) in [6.07, 6.45) is 3.53. The maximum Gasteiger partial charge on any atom is 0.345 e. The van der Waals surface area contributed by atoms with Gasteiger partial charge < -0.3 is 4.74 Å². The molecule has 0 amide bonds. The Morgan fingerprint density at radius 3 is 2.61 bits per heavy atom. The SMILES string of the molecule is CSC(=Nc1ccccc1C(=O)Oc1ccc(F)cc1)NC#N. The van der Waals surface area contributed by atoms with Crippen LogP contribution in [-0.2, 0) is 0 Å². The Morgan fingerprint density at radius 2 is 1.96 bits per heavy atom. The second kappa shape index (κ2) is 7.96. The van der Waals surface area contributed by atoms with Crippen molar-refractivity contribution in [1.82, 2.24) is 5.32 Å². The number of nitrogens with one attached hydrogen (secondary N) is 1. The molecule has 2 aromatic carbocycles. The zero-order valence-electron chi connectivity index (χ0n) is 12.1. The maximum atomic E-state index is 12.9. The van der Waals surface area contributed by atoms with Crippen molar-refractivity contribution >= 4 is 28.6 Å². The van der Waals surface area contributed by atoms with Crippen molar-refractivity contribution in [3.05, 3.63) is 59.9 Å². The van der Waals surface area contributed by atoms with E-state index in [1.165, 1.54) is 36.0 Å². The first-order valence-electron chi connectivity index (χ1n) is 6.48. The molecule has 0 aliphatic heterocycles. The fraction of sp³-hybridized carbons (Fsp3) is 0.0625. The van der Waals surface area contributed by atoms with Crippen LogP contribution in [0.1, 0.15) is 10.4 Å². The zero-order chi connectivity index (χ0) is 16.7. The lowest BCUT2D eigenvalue weighted by Gasteiger charge is -2.07. The molecule has 0 heterocycles. The summed E-state index contributed by atoms with van der Waals surface area (Å²) in [7, 11) is 0. The van der Waals surface area contributed by atoms with Crippen LogP contribution in [0.4, 0.5) is 10.1 Å². The van der Waals surface area contributed by atoms with Crippen molar-refractivity contribution in [2.24, 2.45) is 4.99 Å². The van der Waals surface area contributed by atoms with E-state index in [-0.39, 0.29) is 11.3 Å². The Bertz CT molecular complexity index is 770. The van der Waals surface area contributed by atoms with Crippen LogP contribution in [0.2, 0.25) is 0 Å². The van der Waals surface area contributed by atoms with E-state index in [0.29, 0.717) is 10.9 Å². The number of esters is 1. The van der Waals surface area contributed by atoms with E-state index >= 15 is 0 Å². The fourth-order valence-corrected chi connectivity index (χ4v) is 2.03. The van der Waals surface area contributed by atoms with Gasteiger partial charge in [-0.15, -0.1) is 0 Å². The minimum absolute atomic E-state index is 0.232. The van der Waals surface area contributed by atoms with Gasteiger partial charge in [0.25, 0.3) is 0 Å². The minimum Gasteiger partial charge on any atom is -0.423 e. The van der Waals surface area contributed by atoms with Gasteiger partial charge >= 0.3 is 5.97 Å². The number of carbonyl (C=O) groups is 1. The Kier molecular flexibility index (Phi) is 5.72. The molecule has 23 heavy (non-hydrogen) atoms. The molecule has 0 atom stereocenters. The number of para-hydroxylation sites is 1. The Morgan fingerprint density at radius 1 is 1.26 bits per heavy atom. The number of thioether (sulfide) groups is 1. The van der Waals surface area contributed by atoms with Gasteiger partial charge in [0.2, 0.25) is 0 Å². The molecule has 116 valence electrons. The summed E-state index contributed by atoms with van der Waals surface area (Å²) < 4.78 is 18.1. The molecule has 7 heteroatoms. The number of aliphatic imine (C=N–C) groups is 1. The molecule has 0 unspecified atom stereocenters. The molecule has 0 aromatic heterocycles. The van der Waals surface area contributed by atoms with E-state index in [4.69, 9.17) is 10.00 Å². The first-order valence-corrected chi connectivity index (χ1v) is 7.71. The van der Waals surface area contributed by atoms with E-state index in [2.05, 4.69) is 10.3 Å². The van der Waals surface area contributed by atoms with Gasteiger partial charge in [-0.2, -0.15) is 5.26 Å². The van der Waals surface area contributed by atoms with Crippen LogP contribution < -0.4 is 10.1 Å². The molecule has 0 aliphatic carbocycles. The third-order valence-electron chi connectivity index (χ3n) is 2.73. The monoisotopic (exact) mass is 329 g/mol. The highest BCUT2D eigenvalue weighted by molar-refractivity contribution is 8.13. The van der Waals surface area contributed by atoms with Gasteiger partial charge in [0.05, 0.1) is 11.3 Å². The molecule has 0 radical (unpaired) electrons. The number of carbonyl (C=O) groups excluding carboxylic acids is 1. The van der Waals surface area contributed by atoms with Gasteiger partial charge in [-0.1, -0.05) is 23.9 Å². The van der Waals surface area contributed by atoms with E-state index in [9.17, 15) is 9.18 Å². The number of amidine groups is 1. The number of hydrogen-bond acceptors (Lipinski definition) is 5. The molecule has 2 rings (SSSR count). The molecule has 5 nitrogen and oxygen atoms in total. The van der Waals surface area contributed by atoms with Crippen molar-refractivity contribution in [2.45, 2.75) is 0 Å². The van der Waals surface area contributed by atoms with Crippen molar-refractivity contribution in [1.29, 1.82) is 5.26 Å². The largest absolute Gasteiger partial charge is 0.423 e. The van der Waals surface area contributed by atoms with Crippen LogP contribution in [0.3, 0.4) is 0 Å². The summed E-state index contributed by atoms with van der Waals surface area (Å²) in [4.78, 5) is 16.5. The molecule has 0 aliphatic rings. The highest BCUT2D eigenvalue weighted by atomic mass is 32.2. The van der Waals surface area contributed by atoms with Crippen molar-refractivity contribution in [3.63, 3.8) is 0 Å². The highest BCUT2D eigenvalue weighted by Crippen LogP contribution is 2.22. The van der Waals surface area contributed by atoms with Gasteiger partial charge in [-0.3, -0.25) is 5.32 Å². The van der Waals surface area contributed by atoms with E-state index in [0.717, 1.165) is 0 Å². The number of halogens is 1. The molecule has 0 saturated carbocycles. The number of hydrogen-bond donors (Lipinski definition) is 1.